The molecule has 1 aromatic rings. The quantitative estimate of drug-likeness (QED) is 0.623. The first-order valence-electron chi connectivity index (χ1n) is 5.87. The van der Waals surface area contributed by atoms with E-state index in [1.807, 2.05) is 36.5 Å². The maximum atomic E-state index is 10.7. The minimum Gasteiger partial charge on any atom is -0.550 e. The Kier molecular flexibility index (Phi) is 5.32. The molecule has 0 heterocycles. The fraction of sp³-hybridized carbons (Fsp3) is 0.385. The number of amides is 1. The number of benzene rings is 1. The van der Waals surface area contributed by atoms with Gasteiger partial charge in [-0.05, 0) is 6.92 Å². The molecule has 1 amide bonds. The van der Waals surface area contributed by atoms with Gasteiger partial charge in [0.25, 0.3) is 0 Å². The number of carboxylic acid groups (broad SMARTS) is 1. The molecule has 1 aromatic carbocycles. The standard InChI is InChI=1S/C13H18N2O3/c1-9-2-4-10(5-3-9)11(8-13(17)18)15-7-6-12(14)16/h2-5,11,15H,6-8H2,1H3,(H2,14,16)(H,17,18)/t11-/m0/s1. The largest absolute Gasteiger partial charge is 0.550 e. The second-order valence-corrected chi connectivity index (χ2v) is 4.33. The minimum atomic E-state index is -1.10. The van der Waals surface area contributed by atoms with E-state index >= 15 is 0 Å². The first-order valence-corrected chi connectivity index (χ1v) is 5.87. The lowest BCUT2D eigenvalue weighted by Gasteiger charge is -2.16. The number of nitrogens with two attached hydrogens (primary N) is 2. The molecule has 0 fully saturated rings. The summed E-state index contributed by atoms with van der Waals surface area (Å²) in [4.78, 5) is 21.4. The predicted octanol–water partition coefficient (Wildman–Crippen LogP) is -1.39. The molecule has 0 spiro atoms. The summed E-state index contributed by atoms with van der Waals surface area (Å²) in [6.07, 6.45) is 0.150. The number of carbonyl (C=O) groups excluding carboxylic acids is 2. The van der Waals surface area contributed by atoms with Gasteiger partial charge in [0.05, 0.1) is 13.0 Å². The van der Waals surface area contributed by atoms with Crippen molar-refractivity contribution in [2.75, 3.05) is 6.54 Å². The van der Waals surface area contributed by atoms with Crippen molar-refractivity contribution in [1.29, 1.82) is 0 Å². The topological polar surface area (TPSA) is 99.8 Å². The Morgan fingerprint density at radius 2 is 1.94 bits per heavy atom. The molecule has 0 unspecified atom stereocenters. The molecule has 5 nitrogen and oxygen atoms in total. The third-order valence-electron chi connectivity index (χ3n) is 2.73. The first-order chi connectivity index (χ1) is 8.49. The van der Waals surface area contributed by atoms with E-state index in [1.54, 1.807) is 0 Å². The monoisotopic (exact) mass is 250 g/mol. The van der Waals surface area contributed by atoms with Gasteiger partial charge < -0.3 is 21.0 Å². The van der Waals surface area contributed by atoms with E-state index in [0.717, 1.165) is 11.1 Å². The van der Waals surface area contributed by atoms with Crippen molar-refractivity contribution in [3.8, 4) is 0 Å². The number of carboxylic acids is 1. The molecule has 0 radical (unpaired) electrons. The van der Waals surface area contributed by atoms with Gasteiger partial charge in [0.2, 0.25) is 5.91 Å². The maximum absolute atomic E-state index is 10.7. The van der Waals surface area contributed by atoms with E-state index < -0.39 is 5.97 Å². The SMILES string of the molecule is Cc1ccc([C@H](CC(=O)[O-])[NH2+]CCC(N)=O)cc1. The lowest BCUT2D eigenvalue weighted by Crippen LogP contribution is -2.86. The molecule has 5 heteroatoms. The van der Waals surface area contributed by atoms with Crippen LogP contribution in [-0.4, -0.2) is 18.4 Å². The van der Waals surface area contributed by atoms with Crippen LogP contribution in [0.2, 0.25) is 0 Å². The van der Waals surface area contributed by atoms with E-state index in [0.29, 0.717) is 6.54 Å². The molecule has 0 aliphatic heterocycles. The highest BCUT2D eigenvalue weighted by Crippen LogP contribution is 2.13. The minimum absolute atomic E-state index is 0.0815. The Bertz CT molecular complexity index is 415. The molecule has 1 rings (SSSR count). The van der Waals surface area contributed by atoms with Crippen LogP contribution in [0.3, 0.4) is 0 Å². The Hall–Kier alpha value is -1.88. The number of aryl methyl sites for hydroxylation is 1. The summed E-state index contributed by atoms with van der Waals surface area (Å²) in [5.41, 5.74) is 7.08. The van der Waals surface area contributed by atoms with E-state index in [9.17, 15) is 14.7 Å². The predicted molar refractivity (Wildman–Crippen MR) is 64.1 cm³/mol. The molecule has 0 aromatic heterocycles. The van der Waals surface area contributed by atoms with E-state index in [1.165, 1.54) is 0 Å². The van der Waals surface area contributed by atoms with Gasteiger partial charge in [-0.1, -0.05) is 29.8 Å². The third-order valence-corrected chi connectivity index (χ3v) is 2.73. The van der Waals surface area contributed by atoms with Gasteiger partial charge in [0.15, 0.2) is 0 Å². The zero-order valence-electron chi connectivity index (χ0n) is 10.4. The molecule has 0 saturated heterocycles. The van der Waals surface area contributed by atoms with E-state index in [-0.39, 0.29) is 24.8 Å². The molecule has 98 valence electrons. The molecular formula is C13H18N2O3. The lowest BCUT2D eigenvalue weighted by atomic mass is 10.0. The molecule has 1 atom stereocenters. The van der Waals surface area contributed by atoms with Gasteiger partial charge in [-0.3, -0.25) is 4.79 Å². The molecular weight excluding hydrogens is 232 g/mol. The van der Waals surface area contributed by atoms with Crippen LogP contribution < -0.4 is 16.2 Å². The average Bonchev–Trinajstić information content (AvgIpc) is 2.28. The van der Waals surface area contributed by atoms with Crippen LogP contribution in [0, 0.1) is 6.92 Å². The van der Waals surface area contributed by atoms with Crippen molar-refractivity contribution in [3.05, 3.63) is 35.4 Å². The van der Waals surface area contributed by atoms with Gasteiger partial charge in [-0.2, -0.15) is 0 Å². The number of primary amides is 1. The van der Waals surface area contributed by atoms with Crippen LogP contribution in [0.25, 0.3) is 0 Å². The van der Waals surface area contributed by atoms with Crippen molar-refractivity contribution < 1.29 is 20.0 Å². The fourth-order valence-electron chi connectivity index (χ4n) is 1.76. The second-order valence-electron chi connectivity index (χ2n) is 4.33. The van der Waals surface area contributed by atoms with Gasteiger partial charge in [0.1, 0.15) is 6.04 Å². The number of quaternary nitrogens is 1. The van der Waals surface area contributed by atoms with Crippen LogP contribution in [0.4, 0.5) is 0 Å². The zero-order chi connectivity index (χ0) is 13.5. The number of hydrogen-bond donors (Lipinski definition) is 2. The molecule has 0 bridgehead atoms. The van der Waals surface area contributed by atoms with Crippen LogP contribution in [0.15, 0.2) is 24.3 Å². The summed E-state index contributed by atoms with van der Waals surface area (Å²) in [6.45, 7) is 2.44. The number of hydrogen-bond acceptors (Lipinski definition) is 3. The molecule has 0 aliphatic rings. The highest BCUT2D eigenvalue weighted by molar-refractivity contribution is 5.73. The number of aliphatic carboxylic acids is 1. The van der Waals surface area contributed by atoms with Crippen molar-refractivity contribution in [2.45, 2.75) is 25.8 Å². The van der Waals surface area contributed by atoms with Crippen molar-refractivity contribution in [3.63, 3.8) is 0 Å². The summed E-state index contributed by atoms with van der Waals surface area (Å²) < 4.78 is 0. The van der Waals surface area contributed by atoms with Crippen molar-refractivity contribution in [1.82, 2.24) is 0 Å². The highest BCUT2D eigenvalue weighted by atomic mass is 16.4. The summed E-state index contributed by atoms with van der Waals surface area (Å²) in [5, 5.41) is 12.5. The van der Waals surface area contributed by atoms with Crippen LogP contribution in [-0.2, 0) is 9.59 Å². The Balaban J connectivity index is 2.68. The normalized spacial score (nSPS) is 12.1. The fourth-order valence-corrected chi connectivity index (χ4v) is 1.76. The molecule has 0 aliphatic carbocycles. The summed E-state index contributed by atoms with van der Waals surface area (Å²) in [7, 11) is 0. The summed E-state index contributed by atoms with van der Waals surface area (Å²) >= 11 is 0. The van der Waals surface area contributed by atoms with Crippen LogP contribution in [0.1, 0.15) is 30.0 Å². The average molecular weight is 250 g/mol. The van der Waals surface area contributed by atoms with E-state index in [4.69, 9.17) is 5.73 Å². The maximum Gasteiger partial charge on any atom is 0.223 e. The first kappa shape index (κ1) is 14.2. The van der Waals surface area contributed by atoms with E-state index in [2.05, 4.69) is 0 Å². The van der Waals surface area contributed by atoms with Gasteiger partial charge in [-0.25, -0.2) is 0 Å². The summed E-state index contributed by atoms with van der Waals surface area (Å²) in [5.74, 6) is -1.49. The molecule has 0 saturated carbocycles. The van der Waals surface area contributed by atoms with Crippen molar-refractivity contribution >= 4 is 11.9 Å². The van der Waals surface area contributed by atoms with Crippen LogP contribution in [0.5, 0.6) is 0 Å². The highest BCUT2D eigenvalue weighted by Gasteiger charge is 2.15. The van der Waals surface area contributed by atoms with Gasteiger partial charge >= 0.3 is 0 Å². The van der Waals surface area contributed by atoms with Gasteiger partial charge in [-0.15, -0.1) is 0 Å². The van der Waals surface area contributed by atoms with Crippen molar-refractivity contribution in [2.24, 2.45) is 5.73 Å². The van der Waals surface area contributed by atoms with Gasteiger partial charge in [0, 0.05) is 18.0 Å². The summed E-state index contributed by atoms with van der Waals surface area (Å²) in [6, 6.07) is 7.40. The lowest BCUT2D eigenvalue weighted by molar-refractivity contribution is -0.694. The number of carbonyl (C=O) groups is 2. The smallest absolute Gasteiger partial charge is 0.223 e. The molecule has 18 heavy (non-hydrogen) atoms. The Morgan fingerprint density at radius 1 is 1.33 bits per heavy atom. The Labute approximate surface area is 106 Å². The zero-order valence-corrected chi connectivity index (χ0v) is 10.4. The number of rotatable bonds is 7. The Morgan fingerprint density at radius 3 is 2.44 bits per heavy atom. The third kappa shape index (κ3) is 4.97. The second kappa shape index (κ2) is 6.76. The molecule has 4 N–H and O–H groups in total. The van der Waals surface area contributed by atoms with Crippen LogP contribution >= 0.6 is 0 Å².